The molecule has 0 radical (unpaired) electrons. The molecule has 328 valence electrons. The van der Waals surface area contributed by atoms with Crippen molar-refractivity contribution in [1.82, 2.24) is 24.1 Å². The fourth-order valence-electron chi connectivity index (χ4n) is 4.88. The Hall–Kier alpha value is -6.61. The number of nitro benzene ring substituents is 1. The van der Waals surface area contributed by atoms with E-state index in [4.69, 9.17) is 40.5 Å². The fourth-order valence-corrected chi connectivity index (χ4v) is 5.27. The number of carbonyl (C=O) groups is 2. The Morgan fingerprint density at radius 1 is 0.774 bits per heavy atom. The zero-order chi connectivity index (χ0) is 44.9. The van der Waals surface area contributed by atoms with Crippen molar-refractivity contribution in [3.05, 3.63) is 142 Å². The molecule has 3 aromatic carbocycles. The summed E-state index contributed by atoms with van der Waals surface area (Å²) in [5, 5.41) is 15.6. The predicted octanol–water partition coefficient (Wildman–Crippen LogP) is 11.1. The maximum absolute atomic E-state index is 12.1. The SMILES string of the molecule is C.NCC(F)(F)F.Nc1cccc(-c2cnc3cc(Cl)ccn23)c1.O=C(Cl)Oc1ccc([N+](=O)[O-])cc1.O=C(NCC(F)(F)F)Nc1cccc(-c2cnc3cc(Cl)ccn23)c1. The highest BCUT2D eigenvalue weighted by Gasteiger charge is 2.27. The quantitative estimate of drug-likeness (QED) is 0.0412. The van der Waals surface area contributed by atoms with Gasteiger partial charge in [0.1, 0.15) is 23.6 Å². The summed E-state index contributed by atoms with van der Waals surface area (Å²) in [6.07, 6.45) is -1.51. The van der Waals surface area contributed by atoms with Crippen LogP contribution in [0.15, 0.2) is 122 Å². The third-order valence-corrected chi connectivity index (χ3v) is 8.02. The van der Waals surface area contributed by atoms with Crippen LogP contribution in [-0.4, -0.2) is 60.6 Å². The zero-order valence-electron chi connectivity index (χ0n) is 30.8. The minimum atomic E-state index is -4.46. The molecule has 62 heavy (non-hydrogen) atoms. The normalized spacial score (nSPS) is 10.7. The van der Waals surface area contributed by atoms with Gasteiger partial charge in [0, 0.05) is 80.8 Å². The first kappa shape index (κ1) is 49.8. The predicted molar refractivity (Wildman–Crippen MR) is 226 cm³/mol. The molecule has 0 atom stereocenters. The summed E-state index contributed by atoms with van der Waals surface area (Å²) < 4.78 is 76.6. The van der Waals surface area contributed by atoms with Crippen molar-refractivity contribution in [1.29, 1.82) is 0 Å². The Morgan fingerprint density at radius 2 is 1.27 bits per heavy atom. The molecular formula is C39H34Cl3F6N9O5. The van der Waals surface area contributed by atoms with Crippen LogP contribution in [0.3, 0.4) is 0 Å². The monoisotopic (exact) mass is 927 g/mol. The van der Waals surface area contributed by atoms with E-state index in [2.05, 4.69) is 25.8 Å². The minimum Gasteiger partial charge on any atom is -0.414 e. The maximum Gasteiger partial charge on any atom is 0.409 e. The number of nitro groups is 1. The average Bonchev–Trinajstić information content (AvgIpc) is 3.81. The first-order valence-electron chi connectivity index (χ1n) is 16.9. The number of pyridine rings is 2. The molecule has 4 heterocycles. The summed E-state index contributed by atoms with van der Waals surface area (Å²) in [6.45, 7) is -2.63. The number of alkyl halides is 6. The van der Waals surface area contributed by atoms with Gasteiger partial charge in [0.25, 0.3) is 5.69 Å². The number of anilines is 2. The smallest absolute Gasteiger partial charge is 0.409 e. The van der Waals surface area contributed by atoms with Crippen molar-refractivity contribution in [3.63, 3.8) is 0 Å². The standard InChI is InChI=1S/C16H12ClF3N4O.C13H10ClN3.C7H4ClNO4.C2H4F3N.CH4/c17-11-4-5-24-13(8-21-14(24)7-11)10-2-1-3-12(6-10)23-15(25)22-9-16(18,19)20;14-10-4-5-17-12(8-16-13(17)7-10)9-2-1-3-11(15)6-9;8-7(10)13-6-3-1-5(2-4-6)9(11)12;3-2(4,5)1-6;/h1-8H,9H2,(H2,22,23,25);1-8H,15H2;1-4H;1,6H2;1H4. The van der Waals surface area contributed by atoms with Crippen LogP contribution < -0.4 is 26.8 Å². The van der Waals surface area contributed by atoms with Crippen molar-refractivity contribution >= 4 is 74.6 Å². The van der Waals surface area contributed by atoms with Gasteiger partial charge in [0.05, 0.1) is 35.2 Å². The largest absolute Gasteiger partial charge is 0.414 e. The van der Waals surface area contributed by atoms with Crippen LogP contribution >= 0.6 is 34.8 Å². The molecule has 2 amide bonds. The van der Waals surface area contributed by atoms with Crippen molar-refractivity contribution in [3.8, 4) is 28.3 Å². The van der Waals surface area contributed by atoms with E-state index in [0.29, 0.717) is 21.4 Å². The van der Waals surface area contributed by atoms with Crippen LogP contribution in [0.25, 0.3) is 33.8 Å². The number of benzene rings is 3. The van der Waals surface area contributed by atoms with E-state index in [9.17, 15) is 46.0 Å². The van der Waals surface area contributed by atoms with E-state index in [1.165, 1.54) is 24.3 Å². The number of nitrogens with one attached hydrogen (secondary N) is 2. The first-order valence-corrected chi connectivity index (χ1v) is 18.1. The molecule has 0 unspecified atom stereocenters. The van der Waals surface area contributed by atoms with E-state index in [0.717, 1.165) is 33.8 Å². The number of imidazole rings is 2. The van der Waals surface area contributed by atoms with Crippen molar-refractivity contribution in [2.75, 3.05) is 24.1 Å². The summed E-state index contributed by atoms with van der Waals surface area (Å²) in [4.78, 5) is 40.0. The highest BCUT2D eigenvalue weighted by molar-refractivity contribution is 6.61. The maximum atomic E-state index is 12.1. The molecule has 0 saturated heterocycles. The number of halogens is 9. The Kier molecular flexibility index (Phi) is 17.9. The third kappa shape index (κ3) is 15.8. The van der Waals surface area contributed by atoms with E-state index in [1.807, 2.05) is 57.6 Å². The first-order chi connectivity index (χ1) is 28.7. The number of urea groups is 1. The van der Waals surface area contributed by atoms with Gasteiger partial charge < -0.3 is 26.8 Å². The Balaban J connectivity index is 0.000000241. The number of fused-ring (bicyclic) bond motifs is 2. The van der Waals surface area contributed by atoms with Crippen LogP contribution in [0.5, 0.6) is 5.75 Å². The van der Waals surface area contributed by atoms with E-state index in [-0.39, 0.29) is 18.9 Å². The summed E-state index contributed by atoms with van der Waals surface area (Å²) in [5.41, 5.74) is 15.0. The lowest BCUT2D eigenvalue weighted by molar-refractivity contribution is -0.384. The summed E-state index contributed by atoms with van der Waals surface area (Å²) in [7, 11) is 0. The number of nitrogens with two attached hydrogens (primary N) is 2. The number of non-ortho nitro benzene ring substituents is 1. The highest BCUT2D eigenvalue weighted by Crippen LogP contribution is 2.26. The fraction of sp³-hybridized carbons (Fsp3) is 0.128. The van der Waals surface area contributed by atoms with Crippen LogP contribution in [0.4, 0.5) is 53.0 Å². The number of carbonyl (C=O) groups excluding carboxylic acids is 2. The van der Waals surface area contributed by atoms with Gasteiger partial charge in [0.15, 0.2) is 0 Å². The third-order valence-electron chi connectivity index (χ3n) is 7.48. The van der Waals surface area contributed by atoms with E-state index < -0.39 is 41.8 Å². The number of rotatable bonds is 6. The van der Waals surface area contributed by atoms with Crippen LogP contribution in [0.2, 0.25) is 10.0 Å². The molecular weight excluding hydrogens is 895 g/mol. The number of hydrogen-bond acceptors (Lipinski definition) is 9. The molecule has 0 bridgehead atoms. The van der Waals surface area contributed by atoms with Gasteiger partial charge in [-0.2, -0.15) is 26.3 Å². The second kappa shape index (κ2) is 22.3. The molecule has 0 aliphatic heterocycles. The number of hydrogen-bond donors (Lipinski definition) is 4. The zero-order valence-corrected chi connectivity index (χ0v) is 33.1. The minimum absolute atomic E-state index is 0. The van der Waals surface area contributed by atoms with Crippen LogP contribution in [-0.2, 0) is 0 Å². The molecule has 0 saturated carbocycles. The Labute approximate surface area is 363 Å². The van der Waals surface area contributed by atoms with Crippen molar-refractivity contribution in [2.45, 2.75) is 19.8 Å². The molecule has 4 aromatic heterocycles. The molecule has 23 heteroatoms. The number of amides is 2. The summed E-state index contributed by atoms with van der Waals surface area (Å²) in [6, 6.07) is 25.6. The lowest BCUT2D eigenvalue weighted by atomic mass is 10.1. The number of ether oxygens (including phenoxy) is 1. The number of aromatic nitrogens is 4. The summed E-state index contributed by atoms with van der Waals surface area (Å²) >= 11 is 16.8. The molecule has 14 nitrogen and oxygen atoms in total. The molecule has 7 aromatic rings. The van der Waals surface area contributed by atoms with E-state index >= 15 is 0 Å². The lowest BCUT2D eigenvalue weighted by Gasteiger charge is -2.10. The van der Waals surface area contributed by atoms with Gasteiger partial charge in [-0.15, -0.1) is 0 Å². The van der Waals surface area contributed by atoms with Crippen molar-refractivity contribution in [2.24, 2.45) is 5.73 Å². The number of nitrogens with zero attached hydrogens (tertiary/aromatic N) is 5. The second-order valence-electron chi connectivity index (χ2n) is 12.0. The van der Waals surface area contributed by atoms with Gasteiger partial charge in [-0.05, 0) is 48.5 Å². The second-order valence-corrected chi connectivity index (χ2v) is 13.2. The average molecular weight is 929 g/mol. The van der Waals surface area contributed by atoms with Crippen molar-refractivity contribution < 1.29 is 45.6 Å². The van der Waals surface area contributed by atoms with Crippen LogP contribution in [0.1, 0.15) is 7.43 Å². The van der Waals surface area contributed by atoms with Gasteiger partial charge >= 0.3 is 23.8 Å². The van der Waals surface area contributed by atoms with Gasteiger partial charge in [0.2, 0.25) is 0 Å². The topological polar surface area (TPSA) is 197 Å². The van der Waals surface area contributed by atoms with Gasteiger partial charge in [-0.1, -0.05) is 54.9 Å². The molecule has 0 aliphatic carbocycles. The lowest BCUT2D eigenvalue weighted by Crippen LogP contribution is -2.36. The van der Waals surface area contributed by atoms with E-state index in [1.54, 1.807) is 54.1 Å². The molecule has 0 spiro atoms. The molecule has 0 aliphatic rings. The highest BCUT2D eigenvalue weighted by atomic mass is 35.5. The molecule has 7 rings (SSSR count). The van der Waals surface area contributed by atoms with Gasteiger partial charge in [-0.25, -0.2) is 19.6 Å². The van der Waals surface area contributed by atoms with Crippen LogP contribution in [0, 0.1) is 10.1 Å². The number of nitrogen functional groups attached to an aromatic ring is 1. The molecule has 0 fully saturated rings. The van der Waals surface area contributed by atoms with Gasteiger partial charge in [-0.3, -0.25) is 18.9 Å². The Morgan fingerprint density at radius 3 is 1.73 bits per heavy atom. The molecule has 6 N–H and O–H groups in total. The summed E-state index contributed by atoms with van der Waals surface area (Å²) in [5.74, 6) is 0.172. The Bertz CT molecular complexity index is 2610.